The van der Waals surface area contributed by atoms with Crippen LogP contribution in [0.1, 0.15) is 32.8 Å². The van der Waals surface area contributed by atoms with E-state index in [1.54, 1.807) is 0 Å². The monoisotopic (exact) mass is 296 g/mol. The van der Waals surface area contributed by atoms with Gasteiger partial charge in [0.15, 0.2) is 0 Å². The van der Waals surface area contributed by atoms with Crippen LogP contribution in [0.15, 0.2) is 34.8 Å². The summed E-state index contributed by atoms with van der Waals surface area (Å²) < 4.78 is 0.992. The number of hydrogen-bond acceptors (Lipinski definition) is 1. The molecule has 1 aromatic carbocycles. The lowest BCUT2D eigenvalue weighted by Crippen LogP contribution is -2.07. The van der Waals surface area contributed by atoms with E-state index in [-0.39, 0.29) is 5.41 Å². The summed E-state index contributed by atoms with van der Waals surface area (Å²) in [6, 6.07) is 7.72. The summed E-state index contributed by atoms with van der Waals surface area (Å²) in [5.41, 5.74) is 1.89. The highest BCUT2D eigenvalue weighted by molar-refractivity contribution is 9.10. The number of carboxylic acid groups (broad SMARTS) is 1. The third-order valence-electron chi connectivity index (χ3n) is 2.23. The first kappa shape index (κ1) is 14.0. The van der Waals surface area contributed by atoms with Crippen molar-refractivity contribution in [2.24, 2.45) is 5.41 Å². The van der Waals surface area contributed by atoms with Gasteiger partial charge in [-0.15, -0.1) is 0 Å². The Morgan fingerprint density at radius 3 is 2.24 bits per heavy atom. The van der Waals surface area contributed by atoms with Gasteiger partial charge in [0.05, 0.1) is 0 Å². The van der Waals surface area contributed by atoms with E-state index < -0.39 is 5.97 Å². The standard InChI is InChI=1S/C14H17BrO2/c1-14(2,3)9-11(8-13(16)17)10-4-6-12(15)7-5-10/h4-8H,9H2,1-3H3,(H,16,17)/b11-8-. The molecule has 0 heterocycles. The van der Waals surface area contributed by atoms with Crippen LogP contribution in [0.3, 0.4) is 0 Å². The van der Waals surface area contributed by atoms with E-state index in [1.807, 2.05) is 24.3 Å². The predicted molar refractivity (Wildman–Crippen MR) is 73.8 cm³/mol. The minimum Gasteiger partial charge on any atom is -0.478 e. The molecule has 3 heteroatoms. The lowest BCUT2D eigenvalue weighted by atomic mass is 9.85. The molecule has 0 aliphatic rings. The molecule has 0 fully saturated rings. The van der Waals surface area contributed by atoms with Crippen LogP contribution in [0.4, 0.5) is 0 Å². The maximum atomic E-state index is 10.9. The second-order valence-corrected chi connectivity index (χ2v) is 6.17. The van der Waals surface area contributed by atoms with E-state index in [1.165, 1.54) is 6.08 Å². The van der Waals surface area contributed by atoms with Gasteiger partial charge < -0.3 is 5.11 Å². The van der Waals surface area contributed by atoms with Crippen molar-refractivity contribution in [3.63, 3.8) is 0 Å². The number of aliphatic carboxylic acids is 1. The Labute approximate surface area is 110 Å². The van der Waals surface area contributed by atoms with Crippen LogP contribution in [-0.4, -0.2) is 11.1 Å². The second-order valence-electron chi connectivity index (χ2n) is 5.25. The number of rotatable bonds is 3. The van der Waals surface area contributed by atoms with Crippen molar-refractivity contribution in [2.75, 3.05) is 0 Å². The van der Waals surface area contributed by atoms with E-state index in [0.717, 1.165) is 22.0 Å². The van der Waals surface area contributed by atoms with Crippen molar-refractivity contribution in [2.45, 2.75) is 27.2 Å². The molecule has 0 aliphatic carbocycles. The number of halogens is 1. The minimum atomic E-state index is -0.896. The molecule has 0 saturated heterocycles. The van der Waals surface area contributed by atoms with Crippen LogP contribution in [0.2, 0.25) is 0 Å². The predicted octanol–water partition coefficient (Wildman–Crippen LogP) is 4.35. The first-order valence-corrected chi connectivity index (χ1v) is 6.27. The van der Waals surface area contributed by atoms with E-state index in [0.29, 0.717) is 0 Å². The highest BCUT2D eigenvalue weighted by Gasteiger charge is 2.15. The van der Waals surface area contributed by atoms with Crippen LogP contribution in [0.25, 0.3) is 5.57 Å². The molecule has 0 spiro atoms. The van der Waals surface area contributed by atoms with Gasteiger partial charge in [-0.25, -0.2) is 4.79 Å². The van der Waals surface area contributed by atoms with E-state index in [2.05, 4.69) is 36.7 Å². The third-order valence-corrected chi connectivity index (χ3v) is 2.76. The smallest absolute Gasteiger partial charge is 0.328 e. The molecule has 1 rings (SSSR count). The Hall–Kier alpha value is -1.09. The SMILES string of the molecule is CC(C)(C)C/C(=C/C(=O)O)c1ccc(Br)cc1. The topological polar surface area (TPSA) is 37.3 Å². The van der Waals surface area contributed by atoms with E-state index >= 15 is 0 Å². The number of benzene rings is 1. The van der Waals surface area contributed by atoms with Crippen LogP contribution < -0.4 is 0 Å². The molecule has 0 bridgehead atoms. The summed E-state index contributed by atoms with van der Waals surface area (Å²) >= 11 is 3.37. The summed E-state index contributed by atoms with van der Waals surface area (Å²) in [4.78, 5) is 10.9. The van der Waals surface area contributed by atoms with Crippen molar-refractivity contribution < 1.29 is 9.90 Å². The van der Waals surface area contributed by atoms with Crippen LogP contribution >= 0.6 is 15.9 Å². The lowest BCUT2D eigenvalue weighted by molar-refractivity contribution is -0.131. The molecular weight excluding hydrogens is 280 g/mol. The molecular formula is C14H17BrO2. The number of allylic oxidation sites excluding steroid dienone is 1. The van der Waals surface area contributed by atoms with Crippen molar-refractivity contribution in [3.8, 4) is 0 Å². The summed E-state index contributed by atoms with van der Waals surface area (Å²) in [6.07, 6.45) is 2.04. The molecule has 0 amide bonds. The number of carbonyl (C=O) groups is 1. The normalized spacial score (nSPS) is 12.6. The van der Waals surface area contributed by atoms with Gasteiger partial charge in [0.1, 0.15) is 0 Å². The molecule has 92 valence electrons. The lowest BCUT2D eigenvalue weighted by Gasteiger charge is -2.20. The van der Waals surface area contributed by atoms with E-state index in [9.17, 15) is 4.79 Å². The van der Waals surface area contributed by atoms with Crippen molar-refractivity contribution in [1.82, 2.24) is 0 Å². The van der Waals surface area contributed by atoms with Crippen LogP contribution in [0.5, 0.6) is 0 Å². The summed E-state index contributed by atoms with van der Waals surface area (Å²) in [7, 11) is 0. The van der Waals surface area contributed by atoms with Gasteiger partial charge in [0, 0.05) is 10.5 Å². The Morgan fingerprint density at radius 1 is 1.29 bits per heavy atom. The Kier molecular flexibility index (Phi) is 4.52. The zero-order chi connectivity index (χ0) is 13.1. The average Bonchev–Trinajstić information content (AvgIpc) is 2.14. The summed E-state index contributed by atoms with van der Waals surface area (Å²) in [5, 5.41) is 8.91. The molecule has 1 aromatic rings. The average molecular weight is 297 g/mol. The van der Waals surface area contributed by atoms with Gasteiger partial charge in [-0.2, -0.15) is 0 Å². The fourth-order valence-electron chi connectivity index (χ4n) is 1.62. The highest BCUT2D eigenvalue weighted by atomic mass is 79.9. The van der Waals surface area contributed by atoms with Crippen molar-refractivity contribution in [3.05, 3.63) is 40.4 Å². The molecule has 0 radical (unpaired) electrons. The Balaban J connectivity index is 3.07. The molecule has 0 aliphatic heterocycles. The van der Waals surface area contributed by atoms with Gasteiger partial charge >= 0.3 is 5.97 Å². The quantitative estimate of drug-likeness (QED) is 0.842. The highest BCUT2D eigenvalue weighted by Crippen LogP contribution is 2.30. The zero-order valence-electron chi connectivity index (χ0n) is 10.3. The number of hydrogen-bond donors (Lipinski definition) is 1. The van der Waals surface area contributed by atoms with Gasteiger partial charge in [0.2, 0.25) is 0 Å². The van der Waals surface area contributed by atoms with E-state index in [4.69, 9.17) is 5.11 Å². The maximum Gasteiger partial charge on any atom is 0.328 e. The minimum absolute atomic E-state index is 0.0638. The zero-order valence-corrected chi connectivity index (χ0v) is 11.9. The van der Waals surface area contributed by atoms with Crippen molar-refractivity contribution in [1.29, 1.82) is 0 Å². The largest absolute Gasteiger partial charge is 0.478 e. The van der Waals surface area contributed by atoms with Gasteiger partial charge in [-0.3, -0.25) is 0 Å². The first-order valence-electron chi connectivity index (χ1n) is 5.47. The van der Waals surface area contributed by atoms with Gasteiger partial charge in [-0.05, 0) is 35.1 Å². The van der Waals surface area contributed by atoms with Crippen molar-refractivity contribution >= 4 is 27.5 Å². The van der Waals surface area contributed by atoms with Gasteiger partial charge in [0.25, 0.3) is 0 Å². The summed E-state index contributed by atoms with van der Waals surface area (Å²) in [6.45, 7) is 6.30. The fraction of sp³-hybridized carbons (Fsp3) is 0.357. The fourth-order valence-corrected chi connectivity index (χ4v) is 1.89. The Bertz CT molecular complexity index is 425. The second kappa shape index (κ2) is 5.50. The van der Waals surface area contributed by atoms with Gasteiger partial charge in [-0.1, -0.05) is 48.8 Å². The maximum absolute atomic E-state index is 10.9. The molecule has 0 atom stereocenters. The molecule has 0 unspecified atom stereocenters. The molecule has 0 aromatic heterocycles. The third kappa shape index (κ3) is 5.18. The first-order chi connectivity index (χ1) is 7.78. The van der Waals surface area contributed by atoms with Crippen LogP contribution in [0, 0.1) is 5.41 Å². The number of carboxylic acids is 1. The Morgan fingerprint density at radius 2 is 1.82 bits per heavy atom. The molecule has 0 saturated carbocycles. The van der Waals surface area contributed by atoms with Crippen LogP contribution in [-0.2, 0) is 4.79 Å². The molecule has 1 N–H and O–H groups in total. The molecule has 2 nitrogen and oxygen atoms in total. The summed E-state index contributed by atoms with van der Waals surface area (Å²) in [5.74, 6) is -0.896. The molecule has 17 heavy (non-hydrogen) atoms.